The average Bonchev–Trinajstić information content (AvgIpc) is 3.22. The topological polar surface area (TPSA) is 73.1 Å². The van der Waals surface area contributed by atoms with E-state index in [-0.39, 0.29) is 22.4 Å². The summed E-state index contributed by atoms with van der Waals surface area (Å²) in [6.07, 6.45) is 7.46. The molecule has 5 nitrogen and oxygen atoms in total. The summed E-state index contributed by atoms with van der Waals surface area (Å²) in [5.74, 6) is 0.464. The van der Waals surface area contributed by atoms with Gasteiger partial charge in [-0.25, -0.2) is 14.4 Å². The number of hydrogen-bond acceptors (Lipinski definition) is 6. The zero-order chi connectivity index (χ0) is 20.3. The second-order valence-electron chi connectivity index (χ2n) is 7.42. The fourth-order valence-electron chi connectivity index (χ4n) is 3.62. The predicted molar refractivity (Wildman–Crippen MR) is 115 cm³/mol. The van der Waals surface area contributed by atoms with Gasteiger partial charge in [0.15, 0.2) is 16.7 Å². The molecule has 8 heteroatoms. The molecule has 0 atom stereocenters. The third-order valence-electron chi connectivity index (χ3n) is 5.19. The van der Waals surface area contributed by atoms with Crippen molar-refractivity contribution in [3.05, 3.63) is 64.5 Å². The van der Waals surface area contributed by atoms with Gasteiger partial charge in [0.2, 0.25) is 0 Å². The Labute approximate surface area is 178 Å². The Kier molecular flexibility index (Phi) is 5.99. The fourth-order valence-corrected chi connectivity index (χ4v) is 4.32. The van der Waals surface area contributed by atoms with Gasteiger partial charge in [0.05, 0.1) is 11.1 Å². The number of hydrogen-bond donors (Lipinski definition) is 2. The number of aromatic nitrogens is 2. The first-order valence-electron chi connectivity index (χ1n) is 9.52. The number of ether oxygens (including phenoxy) is 1. The zero-order valence-electron chi connectivity index (χ0n) is 15.8. The fraction of sp³-hybridized carbons (Fsp3) is 0.333. The van der Waals surface area contributed by atoms with Crippen LogP contribution in [-0.2, 0) is 6.42 Å². The average molecular weight is 433 g/mol. The van der Waals surface area contributed by atoms with Crippen LogP contribution in [0.1, 0.15) is 31.2 Å². The standard InChI is InChI=1S/C21H22ClFN4OS/c22-16-2-1-3-17(19(16)23)28-15-6-8-21(24,9-7-15)12-14-4-5-18(26-13-14)27-20-25-10-11-29-20/h1-5,10-11,13,15H,6-9,12,24H2,(H,25,26,27). The Hall–Kier alpha value is -2.22. The van der Waals surface area contributed by atoms with Gasteiger partial charge in [-0.15, -0.1) is 11.3 Å². The van der Waals surface area contributed by atoms with Crippen molar-refractivity contribution >= 4 is 33.9 Å². The van der Waals surface area contributed by atoms with Crippen molar-refractivity contribution in [1.29, 1.82) is 0 Å². The molecule has 0 spiro atoms. The molecule has 4 rings (SSSR count). The number of nitrogens with one attached hydrogen (secondary N) is 1. The molecule has 0 saturated heterocycles. The van der Waals surface area contributed by atoms with Crippen LogP contribution in [0.4, 0.5) is 15.3 Å². The van der Waals surface area contributed by atoms with Gasteiger partial charge in [-0.1, -0.05) is 23.7 Å². The van der Waals surface area contributed by atoms with Crippen LogP contribution in [-0.4, -0.2) is 21.6 Å². The summed E-state index contributed by atoms with van der Waals surface area (Å²) >= 11 is 7.36. The lowest BCUT2D eigenvalue weighted by atomic mass is 9.77. The van der Waals surface area contributed by atoms with Crippen molar-refractivity contribution in [2.75, 3.05) is 5.32 Å². The number of nitrogens with zero attached hydrogens (tertiary/aromatic N) is 2. The molecule has 1 aromatic carbocycles. The van der Waals surface area contributed by atoms with Gasteiger partial charge in [-0.2, -0.15) is 0 Å². The molecular weight excluding hydrogens is 411 g/mol. The lowest BCUT2D eigenvalue weighted by Crippen LogP contribution is -2.47. The van der Waals surface area contributed by atoms with E-state index < -0.39 is 5.82 Å². The van der Waals surface area contributed by atoms with Crippen LogP contribution >= 0.6 is 22.9 Å². The minimum absolute atomic E-state index is 0.0531. The van der Waals surface area contributed by atoms with E-state index in [9.17, 15) is 4.39 Å². The first-order chi connectivity index (χ1) is 14.0. The van der Waals surface area contributed by atoms with E-state index in [1.54, 1.807) is 18.3 Å². The Morgan fingerprint density at radius 3 is 2.76 bits per heavy atom. The molecule has 1 saturated carbocycles. The second-order valence-corrected chi connectivity index (χ2v) is 8.72. The van der Waals surface area contributed by atoms with Crippen molar-refractivity contribution in [1.82, 2.24) is 9.97 Å². The van der Waals surface area contributed by atoms with Crippen molar-refractivity contribution in [2.24, 2.45) is 5.73 Å². The van der Waals surface area contributed by atoms with Crippen molar-refractivity contribution < 1.29 is 9.13 Å². The predicted octanol–water partition coefficient (Wildman–Crippen LogP) is 5.34. The van der Waals surface area contributed by atoms with Crippen molar-refractivity contribution in [2.45, 2.75) is 43.7 Å². The van der Waals surface area contributed by atoms with E-state index in [2.05, 4.69) is 15.3 Å². The third-order valence-corrected chi connectivity index (χ3v) is 6.17. The molecule has 0 bridgehead atoms. The SMILES string of the molecule is NC1(Cc2ccc(Nc3nccs3)nc2)CCC(Oc2cccc(Cl)c2F)CC1. The van der Waals surface area contributed by atoms with E-state index in [1.165, 1.54) is 17.4 Å². The van der Waals surface area contributed by atoms with Crippen LogP contribution in [0.5, 0.6) is 5.75 Å². The van der Waals surface area contributed by atoms with Crippen LogP contribution in [0.25, 0.3) is 0 Å². The molecule has 152 valence electrons. The molecule has 0 amide bonds. The number of rotatable bonds is 6. The number of pyridine rings is 1. The highest BCUT2D eigenvalue weighted by atomic mass is 35.5. The van der Waals surface area contributed by atoms with E-state index >= 15 is 0 Å². The van der Waals surface area contributed by atoms with Gasteiger partial charge < -0.3 is 15.8 Å². The molecule has 3 N–H and O–H groups in total. The highest BCUT2D eigenvalue weighted by Gasteiger charge is 2.33. The summed E-state index contributed by atoms with van der Waals surface area (Å²) < 4.78 is 19.9. The molecule has 1 aliphatic rings. The Morgan fingerprint density at radius 2 is 2.07 bits per heavy atom. The highest BCUT2D eigenvalue weighted by Crippen LogP contribution is 2.33. The van der Waals surface area contributed by atoms with Crippen molar-refractivity contribution in [3.63, 3.8) is 0 Å². The van der Waals surface area contributed by atoms with Crippen LogP contribution < -0.4 is 15.8 Å². The maximum atomic E-state index is 14.1. The quantitative estimate of drug-likeness (QED) is 0.550. The lowest BCUT2D eigenvalue weighted by molar-refractivity contribution is 0.114. The first kappa shape index (κ1) is 20.1. The molecule has 0 radical (unpaired) electrons. The first-order valence-corrected chi connectivity index (χ1v) is 10.8. The molecule has 0 aliphatic heterocycles. The maximum Gasteiger partial charge on any atom is 0.188 e. The maximum absolute atomic E-state index is 14.1. The van der Waals surface area contributed by atoms with Crippen LogP contribution in [0.15, 0.2) is 48.1 Å². The minimum Gasteiger partial charge on any atom is -0.487 e. The normalized spacial score (nSPS) is 21.7. The molecule has 1 fully saturated rings. The van der Waals surface area contributed by atoms with Gasteiger partial charge in [-0.3, -0.25) is 0 Å². The number of anilines is 2. The third kappa shape index (κ3) is 5.04. The number of benzene rings is 1. The zero-order valence-corrected chi connectivity index (χ0v) is 17.3. The Bertz CT molecular complexity index is 944. The smallest absolute Gasteiger partial charge is 0.188 e. The minimum atomic E-state index is -0.503. The summed E-state index contributed by atoms with van der Waals surface area (Å²) in [4.78, 5) is 8.65. The summed E-state index contributed by atoms with van der Waals surface area (Å²) in [5, 5.41) is 5.97. The van der Waals surface area contributed by atoms with Gasteiger partial charge in [0.1, 0.15) is 5.82 Å². The molecule has 1 aliphatic carbocycles. The second kappa shape index (κ2) is 8.65. The largest absolute Gasteiger partial charge is 0.487 e. The summed E-state index contributed by atoms with van der Waals surface area (Å²) in [7, 11) is 0. The number of halogens is 2. The van der Waals surface area contributed by atoms with Gasteiger partial charge in [-0.05, 0) is 55.9 Å². The van der Waals surface area contributed by atoms with Crippen LogP contribution in [0, 0.1) is 5.82 Å². The van der Waals surface area contributed by atoms with Gasteiger partial charge >= 0.3 is 0 Å². The van der Waals surface area contributed by atoms with E-state index in [4.69, 9.17) is 22.1 Å². The lowest BCUT2D eigenvalue weighted by Gasteiger charge is -2.37. The van der Waals surface area contributed by atoms with E-state index in [0.29, 0.717) is 0 Å². The molecule has 29 heavy (non-hydrogen) atoms. The molecule has 2 heterocycles. The number of nitrogens with two attached hydrogens (primary N) is 1. The molecule has 3 aromatic rings. The number of thiazole rings is 1. The van der Waals surface area contributed by atoms with Crippen LogP contribution in [0.2, 0.25) is 5.02 Å². The summed E-state index contributed by atoms with van der Waals surface area (Å²) in [6.45, 7) is 0. The van der Waals surface area contributed by atoms with E-state index in [1.807, 2.05) is 23.7 Å². The molecular formula is C21H22ClFN4OS. The summed E-state index contributed by atoms with van der Waals surface area (Å²) in [5.41, 5.74) is 7.43. The molecule has 0 unspecified atom stereocenters. The Morgan fingerprint density at radius 1 is 1.24 bits per heavy atom. The van der Waals surface area contributed by atoms with Crippen molar-refractivity contribution in [3.8, 4) is 5.75 Å². The van der Waals surface area contributed by atoms with Gasteiger partial charge in [0, 0.05) is 23.3 Å². The Balaban J connectivity index is 1.31. The van der Waals surface area contributed by atoms with E-state index in [0.717, 1.165) is 48.6 Å². The van der Waals surface area contributed by atoms with Gasteiger partial charge in [0.25, 0.3) is 0 Å². The van der Waals surface area contributed by atoms with Crippen LogP contribution in [0.3, 0.4) is 0 Å². The molecule has 2 aromatic heterocycles. The highest BCUT2D eigenvalue weighted by molar-refractivity contribution is 7.13. The summed E-state index contributed by atoms with van der Waals surface area (Å²) in [6, 6.07) is 8.80. The monoisotopic (exact) mass is 432 g/mol.